The molecule has 0 saturated carbocycles. The Kier molecular flexibility index (Phi) is 14.5. The lowest BCUT2D eigenvalue weighted by molar-refractivity contribution is -0.166. The van der Waals surface area contributed by atoms with Crippen LogP contribution in [-0.2, 0) is 79.1 Å². The molecule has 7 rings (SSSR count). The van der Waals surface area contributed by atoms with Crippen molar-refractivity contribution in [3.63, 3.8) is 0 Å². The summed E-state index contributed by atoms with van der Waals surface area (Å²) < 4.78 is 30.2. The highest BCUT2D eigenvalue weighted by atomic mass is 79.9. The number of ether oxygens (including phenoxy) is 4. The number of hydrogen-bond donors (Lipinski definition) is 0. The number of benzene rings is 2. The Morgan fingerprint density at radius 1 is 0.785 bits per heavy atom. The van der Waals surface area contributed by atoms with Crippen molar-refractivity contribution in [1.82, 2.24) is 30.0 Å². The second kappa shape index (κ2) is 20.1. The molecule has 0 saturated heterocycles. The number of aryl methyl sites for hydroxylation is 4. The van der Waals surface area contributed by atoms with E-state index in [4.69, 9.17) is 23.4 Å². The number of esters is 4. The third-order valence-electron chi connectivity index (χ3n) is 11.8. The van der Waals surface area contributed by atoms with Crippen LogP contribution in [0.25, 0.3) is 11.0 Å². The quantitative estimate of drug-likeness (QED) is 0.0258. The first-order chi connectivity index (χ1) is 31.0. The number of rotatable bonds is 20. The third-order valence-corrected chi connectivity index (χ3v) is 12.4. The van der Waals surface area contributed by atoms with Crippen molar-refractivity contribution in [3.05, 3.63) is 98.9 Å². The molecule has 5 aromatic rings. The van der Waals surface area contributed by atoms with Crippen LogP contribution in [0, 0.1) is 10.8 Å². The van der Waals surface area contributed by atoms with E-state index < -0.39 is 44.7 Å². The highest BCUT2D eigenvalue weighted by Crippen LogP contribution is 2.45. The Morgan fingerprint density at radius 2 is 1.43 bits per heavy atom. The van der Waals surface area contributed by atoms with E-state index in [1.165, 1.54) is 15.9 Å². The number of halogens is 1. The maximum atomic E-state index is 14.2. The van der Waals surface area contributed by atoms with Crippen molar-refractivity contribution in [2.24, 2.45) is 10.8 Å². The molecule has 0 spiro atoms. The van der Waals surface area contributed by atoms with Crippen LogP contribution in [0.2, 0.25) is 0 Å². The van der Waals surface area contributed by atoms with Gasteiger partial charge in [-0.05, 0) is 95.9 Å². The fraction of sp³-hybridized carbons (Fsp3) is 0.511. The zero-order valence-electron chi connectivity index (χ0n) is 37.6. The molecule has 17 nitrogen and oxygen atoms in total. The van der Waals surface area contributed by atoms with Crippen LogP contribution < -0.4 is 10.5 Å². The predicted molar refractivity (Wildman–Crippen MR) is 241 cm³/mol. The molecule has 2 unspecified atom stereocenters. The van der Waals surface area contributed by atoms with E-state index in [-0.39, 0.29) is 44.8 Å². The lowest BCUT2D eigenvalue weighted by Crippen LogP contribution is -2.45. The molecule has 2 aromatic carbocycles. The van der Waals surface area contributed by atoms with Crippen LogP contribution in [0.1, 0.15) is 112 Å². The number of hydrogen-bond acceptors (Lipinski definition) is 15. The molecule has 0 aliphatic carbocycles. The highest BCUT2D eigenvalue weighted by Gasteiger charge is 2.50. The summed E-state index contributed by atoms with van der Waals surface area (Å²) >= 11 is 3.53. The number of carbonyl (C=O) groups is 4. The monoisotopic (exact) mass is 957 g/mol. The van der Waals surface area contributed by atoms with E-state index in [0.717, 1.165) is 61.7 Å². The van der Waals surface area contributed by atoms with Gasteiger partial charge in [0.25, 0.3) is 0 Å². The van der Waals surface area contributed by atoms with E-state index in [1.54, 1.807) is 50.8 Å². The minimum Gasteiger partial charge on any atom is -0.462 e. The van der Waals surface area contributed by atoms with E-state index in [9.17, 15) is 24.0 Å². The molecule has 0 N–H and O–H groups in total. The van der Waals surface area contributed by atoms with Crippen LogP contribution in [0.3, 0.4) is 0 Å². The zero-order valence-corrected chi connectivity index (χ0v) is 39.2. The molecule has 5 heterocycles. The first-order valence-electron chi connectivity index (χ1n) is 22.1. The van der Waals surface area contributed by atoms with Crippen LogP contribution in [0.4, 0.5) is 5.69 Å². The molecule has 0 fully saturated rings. The molecule has 2 aliphatic heterocycles. The van der Waals surface area contributed by atoms with E-state index in [1.807, 2.05) is 43.3 Å². The molecule has 18 heteroatoms. The van der Waals surface area contributed by atoms with Gasteiger partial charge in [0, 0.05) is 49.2 Å². The van der Waals surface area contributed by atoms with Gasteiger partial charge in [-0.25, -0.2) is 9.59 Å². The first kappa shape index (κ1) is 47.1. The van der Waals surface area contributed by atoms with Gasteiger partial charge >= 0.3 is 29.5 Å². The molecular formula is C47H56BrN7O10. The molecule has 346 valence electrons. The van der Waals surface area contributed by atoms with Gasteiger partial charge in [-0.2, -0.15) is 0 Å². The topological polar surface area (TPSA) is 200 Å². The van der Waals surface area contributed by atoms with Crippen molar-refractivity contribution in [2.45, 2.75) is 123 Å². The van der Waals surface area contributed by atoms with E-state index in [0.29, 0.717) is 36.5 Å². The summed E-state index contributed by atoms with van der Waals surface area (Å²) in [7, 11) is 0. The van der Waals surface area contributed by atoms with Crippen LogP contribution >= 0.6 is 15.9 Å². The molecular weight excluding hydrogens is 902 g/mol. The number of nitrogens with zero attached hydrogens (tertiary/aromatic N) is 7. The maximum absolute atomic E-state index is 14.2. The molecule has 0 bridgehead atoms. The Hall–Kier alpha value is -5.91. The molecule has 0 amide bonds. The lowest BCUT2D eigenvalue weighted by Gasteiger charge is -2.37. The minimum absolute atomic E-state index is 0.000436. The molecule has 3 aromatic heterocycles. The number of carbonyl (C=O) groups excluding carboxylic acids is 4. The van der Waals surface area contributed by atoms with Crippen molar-refractivity contribution < 1.29 is 42.5 Å². The number of anilines is 1. The average Bonchev–Trinajstić information content (AvgIpc) is 3.94. The lowest BCUT2D eigenvalue weighted by atomic mass is 9.69. The van der Waals surface area contributed by atoms with Gasteiger partial charge in [-0.3, -0.25) is 23.7 Å². The van der Waals surface area contributed by atoms with Crippen molar-refractivity contribution in [2.75, 3.05) is 24.6 Å². The van der Waals surface area contributed by atoms with Gasteiger partial charge in [0.1, 0.15) is 46.7 Å². The predicted octanol–water partition coefficient (Wildman–Crippen LogP) is 6.83. The summed E-state index contributed by atoms with van der Waals surface area (Å²) in [5.41, 5.74) is 2.12. The van der Waals surface area contributed by atoms with Gasteiger partial charge < -0.3 is 28.3 Å². The van der Waals surface area contributed by atoms with Gasteiger partial charge in [0.05, 0.1) is 29.8 Å². The summed E-state index contributed by atoms with van der Waals surface area (Å²) in [4.78, 5) is 69.7. The molecule has 2 atom stereocenters. The van der Waals surface area contributed by atoms with Gasteiger partial charge in [-0.1, -0.05) is 63.6 Å². The molecule has 0 radical (unpaired) electrons. The Labute approximate surface area is 385 Å². The Bertz CT molecular complexity index is 2580. The smallest absolute Gasteiger partial charge is 0.351 e. The highest BCUT2D eigenvalue weighted by molar-refractivity contribution is 9.10. The Morgan fingerprint density at radius 3 is 2.12 bits per heavy atom. The number of alkyl halides is 1. The molecule has 65 heavy (non-hydrogen) atoms. The number of aromatic nitrogens is 6. The third kappa shape index (κ3) is 11.3. The summed E-state index contributed by atoms with van der Waals surface area (Å²) in [6.45, 7) is 11.3. The molecule has 2 aliphatic rings. The summed E-state index contributed by atoms with van der Waals surface area (Å²) in [6, 6.07) is 12.9. The van der Waals surface area contributed by atoms with Crippen LogP contribution in [0.15, 0.2) is 64.1 Å². The van der Waals surface area contributed by atoms with E-state index >= 15 is 0 Å². The summed E-state index contributed by atoms with van der Waals surface area (Å²) in [5, 5.41) is 17.1. The minimum atomic E-state index is -1.42. The van der Waals surface area contributed by atoms with Crippen molar-refractivity contribution in [3.8, 4) is 0 Å². The standard InChI is InChI=1S/C47H56BrN7O10/c1-6-17-54-24-34(49-51-54)28-64-44(60)47(5,48)30-46(4,29-45(2,3)42(58)62-26-31-13-8-7-9-14-31)43(59)63-27-35-25-55(52-50-35)20-12-21-61-40(56)37-23-33-22-32-15-10-18-53-19-11-16-36(38(32)53)39(33)65-41(37)57/h7-9,13-14,22-25H,6,10-12,15-21,26-30H2,1-5H3. The second-order valence-corrected chi connectivity index (χ2v) is 19.8. The maximum Gasteiger partial charge on any atom is 0.351 e. The van der Waals surface area contributed by atoms with Crippen molar-refractivity contribution >= 4 is 56.5 Å². The van der Waals surface area contributed by atoms with Gasteiger partial charge in [0.2, 0.25) is 0 Å². The Balaban J connectivity index is 0.955. The average molecular weight is 959 g/mol. The zero-order chi connectivity index (χ0) is 46.4. The van der Waals surface area contributed by atoms with Crippen LogP contribution in [0.5, 0.6) is 0 Å². The normalized spacial score (nSPS) is 15.4. The summed E-state index contributed by atoms with van der Waals surface area (Å²) in [6.07, 6.45) is 8.17. The summed E-state index contributed by atoms with van der Waals surface area (Å²) in [5.74, 6) is -2.61. The van der Waals surface area contributed by atoms with Gasteiger partial charge in [0.15, 0.2) is 0 Å². The second-order valence-electron chi connectivity index (χ2n) is 18.1. The van der Waals surface area contributed by atoms with Crippen molar-refractivity contribution in [1.29, 1.82) is 0 Å². The van der Waals surface area contributed by atoms with E-state index in [2.05, 4.69) is 41.5 Å². The number of fused-ring (bicyclic) bond motifs is 2. The largest absolute Gasteiger partial charge is 0.462 e. The van der Waals surface area contributed by atoms with Gasteiger partial charge in [-0.15, -0.1) is 10.2 Å². The SMILES string of the molecule is CCCn1cc(COC(=O)C(C)(Br)CC(C)(CC(C)(C)C(=O)OCc2ccccc2)C(=O)OCc2cn(CCCOC(=O)c3cc4cc5c6c(c4oc3=O)CCCN6CCC5)nn2)nn1. The fourth-order valence-electron chi connectivity index (χ4n) is 8.90. The first-order valence-corrected chi connectivity index (χ1v) is 22.9. The van der Waals surface area contributed by atoms with Crippen LogP contribution in [-0.4, -0.2) is 77.9 Å². The fourth-order valence-corrected chi connectivity index (χ4v) is 9.63.